The van der Waals surface area contributed by atoms with E-state index in [2.05, 4.69) is 17.6 Å². The molecule has 0 saturated carbocycles. The zero-order valence-corrected chi connectivity index (χ0v) is 8.56. The van der Waals surface area contributed by atoms with Crippen molar-refractivity contribution in [3.8, 4) is 0 Å². The lowest BCUT2D eigenvalue weighted by Gasteiger charge is -2.23. The smallest absolute Gasteiger partial charge is 0.0192 e. The van der Waals surface area contributed by atoms with Crippen LogP contribution in [0, 0.1) is 0 Å². The number of hydrogen-bond donors (Lipinski definition) is 2. The Morgan fingerprint density at radius 3 is 2.45 bits per heavy atom. The monoisotopic (exact) mass is 200 g/mol. The van der Waals surface area contributed by atoms with Crippen molar-refractivity contribution in [2.24, 2.45) is 0 Å². The molecule has 0 radical (unpaired) electrons. The van der Waals surface area contributed by atoms with Gasteiger partial charge in [-0.3, -0.25) is 0 Å². The average molecular weight is 201 g/mol. The van der Waals surface area contributed by atoms with Gasteiger partial charge in [-0.05, 0) is 6.42 Å². The molecule has 4 heteroatoms. The van der Waals surface area contributed by atoms with Gasteiger partial charge in [0.1, 0.15) is 0 Å². The molecular formula is C7H18Cl2N2. The molecule has 1 aliphatic heterocycles. The third-order valence-electron chi connectivity index (χ3n) is 1.76. The van der Waals surface area contributed by atoms with Gasteiger partial charge in [-0.25, -0.2) is 0 Å². The van der Waals surface area contributed by atoms with Gasteiger partial charge >= 0.3 is 0 Å². The van der Waals surface area contributed by atoms with E-state index < -0.39 is 0 Å². The minimum absolute atomic E-state index is 0. The van der Waals surface area contributed by atoms with Crippen molar-refractivity contribution in [3.63, 3.8) is 0 Å². The van der Waals surface area contributed by atoms with E-state index in [1.54, 1.807) is 0 Å². The molecule has 1 aliphatic rings. The lowest BCUT2D eigenvalue weighted by atomic mass is 10.1. The van der Waals surface area contributed by atoms with Crippen LogP contribution in [0.2, 0.25) is 0 Å². The second-order valence-electron chi connectivity index (χ2n) is 2.64. The zero-order valence-electron chi connectivity index (χ0n) is 6.93. The second-order valence-corrected chi connectivity index (χ2v) is 2.64. The molecule has 0 aliphatic carbocycles. The molecule has 0 bridgehead atoms. The Balaban J connectivity index is 0. The second kappa shape index (κ2) is 8.60. The van der Waals surface area contributed by atoms with E-state index in [1.165, 1.54) is 12.8 Å². The van der Waals surface area contributed by atoms with Crippen LogP contribution in [0.3, 0.4) is 0 Å². The average Bonchev–Trinajstić information content (AvgIpc) is 1.91. The first-order valence-electron chi connectivity index (χ1n) is 3.87. The van der Waals surface area contributed by atoms with E-state index in [9.17, 15) is 0 Å². The minimum Gasteiger partial charge on any atom is -0.314 e. The van der Waals surface area contributed by atoms with Crippen molar-refractivity contribution in [2.75, 3.05) is 19.6 Å². The summed E-state index contributed by atoms with van der Waals surface area (Å²) in [5, 5.41) is 6.81. The van der Waals surface area contributed by atoms with Gasteiger partial charge in [0.15, 0.2) is 0 Å². The third kappa shape index (κ3) is 5.74. The van der Waals surface area contributed by atoms with Crippen molar-refractivity contribution >= 4 is 24.8 Å². The Kier molecular flexibility index (Phi) is 11.0. The number of hydrogen-bond acceptors (Lipinski definition) is 2. The molecule has 70 valence electrons. The highest BCUT2D eigenvalue weighted by molar-refractivity contribution is 5.85. The van der Waals surface area contributed by atoms with Crippen LogP contribution in [0.4, 0.5) is 0 Å². The van der Waals surface area contributed by atoms with E-state index in [4.69, 9.17) is 0 Å². The van der Waals surface area contributed by atoms with Crippen molar-refractivity contribution in [2.45, 2.75) is 25.8 Å². The summed E-state index contributed by atoms with van der Waals surface area (Å²) < 4.78 is 0. The maximum absolute atomic E-state index is 3.46. The lowest BCUT2D eigenvalue weighted by Crippen LogP contribution is -2.48. The van der Waals surface area contributed by atoms with Gasteiger partial charge < -0.3 is 10.6 Å². The molecule has 0 amide bonds. The first-order valence-corrected chi connectivity index (χ1v) is 3.87. The van der Waals surface area contributed by atoms with E-state index >= 15 is 0 Å². The predicted molar refractivity (Wildman–Crippen MR) is 54.1 cm³/mol. The highest BCUT2D eigenvalue weighted by Gasteiger charge is 2.08. The van der Waals surface area contributed by atoms with Gasteiger partial charge in [0, 0.05) is 25.7 Å². The Hall–Kier alpha value is 0.500. The molecule has 1 unspecified atom stereocenters. The molecule has 0 spiro atoms. The van der Waals surface area contributed by atoms with Crippen LogP contribution in [0.5, 0.6) is 0 Å². The number of halogens is 2. The van der Waals surface area contributed by atoms with Crippen LogP contribution in [-0.2, 0) is 0 Å². The Labute approximate surface area is 81.3 Å². The van der Waals surface area contributed by atoms with Gasteiger partial charge in [0.05, 0.1) is 0 Å². The molecule has 11 heavy (non-hydrogen) atoms. The van der Waals surface area contributed by atoms with Crippen LogP contribution in [0.1, 0.15) is 19.8 Å². The molecule has 1 atom stereocenters. The molecule has 0 aromatic heterocycles. The first-order chi connectivity index (χ1) is 4.43. The van der Waals surface area contributed by atoms with E-state index in [0.29, 0.717) is 0 Å². The van der Waals surface area contributed by atoms with Gasteiger partial charge in [0.2, 0.25) is 0 Å². The zero-order chi connectivity index (χ0) is 6.53. The fourth-order valence-electron chi connectivity index (χ4n) is 1.27. The van der Waals surface area contributed by atoms with E-state index in [0.717, 1.165) is 25.7 Å². The summed E-state index contributed by atoms with van der Waals surface area (Å²) in [6.07, 6.45) is 2.60. The minimum atomic E-state index is 0. The largest absolute Gasteiger partial charge is 0.314 e. The van der Waals surface area contributed by atoms with Crippen molar-refractivity contribution in [3.05, 3.63) is 0 Å². The number of nitrogens with one attached hydrogen (secondary N) is 2. The summed E-state index contributed by atoms with van der Waals surface area (Å²) in [6.45, 7) is 5.68. The molecular weight excluding hydrogens is 183 g/mol. The van der Waals surface area contributed by atoms with Gasteiger partial charge in [-0.2, -0.15) is 0 Å². The normalized spacial score (nSPS) is 23.2. The highest BCUT2D eigenvalue weighted by atomic mass is 35.5. The summed E-state index contributed by atoms with van der Waals surface area (Å²) in [7, 11) is 0. The topological polar surface area (TPSA) is 24.1 Å². The van der Waals surface area contributed by atoms with Crippen LogP contribution >= 0.6 is 24.8 Å². The van der Waals surface area contributed by atoms with Crippen LogP contribution < -0.4 is 10.6 Å². The summed E-state index contributed by atoms with van der Waals surface area (Å²) in [5.41, 5.74) is 0. The Bertz CT molecular complexity index is 72.1. The fourth-order valence-corrected chi connectivity index (χ4v) is 1.27. The predicted octanol–water partition coefficient (Wildman–Crippen LogP) is 1.19. The van der Waals surface area contributed by atoms with Crippen LogP contribution in [-0.4, -0.2) is 25.7 Å². The fraction of sp³-hybridized carbons (Fsp3) is 1.00. The summed E-state index contributed by atoms with van der Waals surface area (Å²) in [5.74, 6) is 0. The van der Waals surface area contributed by atoms with Crippen molar-refractivity contribution in [1.82, 2.24) is 10.6 Å². The third-order valence-corrected chi connectivity index (χ3v) is 1.76. The van der Waals surface area contributed by atoms with Gasteiger partial charge in [-0.15, -0.1) is 24.8 Å². The molecule has 1 heterocycles. The Morgan fingerprint density at radius 2 is 2.00 bits per heavy atom. The summed E-state index contributed by atoms with van der Waals surface area (Å²) in [6, 6.07) is 0.740. The molecule has 2 N–H and O–H groups in total. The maximum Gasteiger partial charge on any atom is 0.0192 e. The molecule has 0 aromatic carbocycles. The highest BCUT2D eigenvalue weighted by Crippen LogP contribution is 1.96. The van der Waals surface area contributed by atoms with Crippen LogP contribution in [0.15, 0.2) is 0 Å². The molecule has 1 fully saturated rings. The number of piperazine rings is 1. The number of rotatable bonds is 2. The van der Waals surface area contributed by atoms with Gasteiger partial charge in [0.25, 0.3) is 0 Å². The summed E-state index contributed by atoms with van der Waals surface area (Å²) in [4.78, 5) is 0. The first kappa shape index (κ1) is 14.0. The lowest BCUT2D eigenvalue weighted by molar-refractivity contribution is 0.397. The molecule has 1 rings (SSSR count). The van der Waals surface area contributed by atoms with Crippen LogP contribution in [0.25, 0.3) is 0 Å². The van der Waals surface area contributed by atoms with E-state index in [-0.39, 0.29) is 24.8 Å². The van der Waals surface area contributed by atoms with E-state index in [1.807, 2.05) is 0 Å². The Morgan fingerprint density at radius 1 is 1.27 bits per heavy atom. The molecule has 1 saturated heterocycles. The molecule has 0 aromatic rings. The SMILES string of the molecule is CCCC1CNCCN1.Cl.Cl. The quantitative estimate of drug-likeness (QED) is 0.701. The van der Waals surface area contributed by atoms with Crippen molar-refractivity contribution in [1.29, 1.82) is 0 Å². The maximum atomic E-state index is 3.46. The standard InChI is InChI=1S/C7H16N2.2ClH/c1-2-3-7-6-8-4-5-9-7;;/h7-9H,2-6H2,1H3;2*1H. The molecule has 2 nitrogen and oxygen atoms in total. The summed E-state index contributed by atoms with van der Waals surface area (Å²) >= 11 is 0. The van der Waals surface area contributed by atoms with Gasteiger partial charge in [-0.1, -0.05) is 13.3 Å². The van der Waals surface area contributed by atoms with Crippen molar-refractivity contribution < 1.29 is 0 Å².